The van der Waals surface area contributed by atoms with Crippen molar-refractivity contribution in [2.24, 2.45) is 0 Å². The fourth-order valence-electron chi connectivity index (χ4n) is 2.62. The lowest BCUT2D eigenvalue weighted by molar-refractivity contribution is -0.132. The first kappa shape index (κ1) is 15.8. The first-order chi connectivity index (χ1) is 9.63. The van der Waals surface area contributed by atoms with Gasteiger partial charge in [-0.15, -0.1) is 0 Å². The molecule has 0 bridgehead atoms. The normalized spacial score (nSPS) is 19.8. The highest BCUT2D eigenvalue weighted by molar-refractivity contribution is 9.09. The summed E-state index contributed by atoms with van der Waals surface area (Å²) in [7, 11) is 0. The van der Waals surface area contributed by atoms with Crippen molar-refractivity contribution >= 4 is 33.4 Å². The van der Waals surface area contributed by atoms with Gasteiger partial charge in [0.2, 0.25) is 5.91 Å². The number of hydrogen-bond acceptors (Lipinski definition) is 1. The van der Waals surface area contributed by atoms with Crippen LogP contribution in [0.4, 0.5) is 4.39 Å². The van der Waals surface area contributed by atoms with E-state index in [9.17, 15) is 9.18 Å². The molecule has 1 aliphatic heterocycles. The fraction of sp³-hybridized carbons (Fsp3) is 0.533. The van der Waals surface area contributed by atoms with Crippen molar-refractivity contribution in [1.82, 2.24) is 4.90 Å². The van der Waals surface area contributed by atoms with Gasteiger partial charge < -0.3 is 4.90 Å². The van der Waals surface area contributed by atoms with Crippen LogP contribution in [-0.4, -0.2) is 28.7 Å². The standard InChI is InChI=1S/C15H18BrClFNO/c16-10-11-5-2-1-3-8-19(11)15(20)9-12-13(17)6-4-7-14(12)18/h4,6-7,11H,1-3,5,8-10H2. The second kappa shape index (κ2) is 7.41. The molecule has 0 aromatic heterocycles. The number of halogens is 3. The highest BCUT2D eigenvalue weighted by Crippen LogP contribution is 2.23. The average molecular weight is 363 g/mol. The van der Waals surface area contributed by atoms with E-state index in [4.69, 9.17) is 11.6 Å². The maximum atomic E-state index is 13.8. The summed E-state index contributed by atoms with van der Waals surface area (Å²) in [6, 6.07) is 4.73. The predicted octanol–water partition coefficient (Wildman–Crippen LogP) is 4.19. The molecular weight excluding hydrogens is 345 g/mol. The van der Waals surface area contributed by atoms with Gasteiger partial charge in [0.15, 0.2) is 0 Å². The predicted molar refractivity (Wildman–Crippen MR) is 82.9 cm³/mol. The number of likely N-dealkylation sites (tertiary alicyclic amines) is 1. The third-order valence-electron chi connectivity index (χ3n) is 3.77. The number of carbonyl (C=O) groups excluding carboxylic acids is 1. The van der Waals surface area contributed by atoms with Crippen molar-refractivity contribution in [3.63, 3.8) is 0 Å². The lowest BCUT2D eigenvalue weighted by Crippen LogP contribution is -2.42. The molecule has 0 radical (unpaired) electrons. The van der Waals surface area contributed by atoms with Crippen molar-refractivity contribution in [1.29, 1.82) is 0 Å². The van der Waals surface area contributed by atoms with Crippen LogP contribution in [0.5, 0.6) is 0 Å². The Kier molecular flexibility index (Phi) is 5.85. The summed E-state index contributed by atoms with van der Waals surface area (Å²) >= 11 is 9.47. The minimum Gasteiger partial charge on any atom is -0.339 e. The number of hydrogen-bond donors (Lipinski definition) is 0. The van der Waals surface area contributed by atoms with E-state index in [0.717, 1.165) is 37.6 Å². The molecule has 1 atom stereocenters. The largest absolute Gasteiger partial charge is 0.339 e. The molecule has 1 aromatic carbocycles. The van der Waals surface area contributed by atoms with Crippen molar-refractivity contribution in [2.75, 3.05) is 11.9 Å². The Bertz CT molecular complexity index is 463. The van der Waals surface area contributed by atoms with E-state index < -0.39 is 5.82 Å². The van der Waals surface area contributed by atoms with Crippen molar-refractivity contribution in [2.45, 2.75) is 38.1 Å². The highest BCUT2D eigenvalue weighted by atomic mass is 79.9. The van der Waals surface area contributed by atoms with Gasteiger partial charge >= 0.3 is 0 Å². The molecule has 0 aliphatic carbocycles. The third-order valence-corrected chi connectivity index (χ3v) is 4.87. The van der Waals surface area contributed by atoms with Gasteiger partial charge in [-0.05, 0) is 25.0 Å². The van der Waals surface area contributed by atoms with Crippen LogP contribution in [0.25, 0.3) is 0 Å². The van der Waals surface area contributed by atoms with E-state index in [-0.39, 0.29) is 18.4 Å². The number of alkyl halides is 1. The molecule has 110 valence electrons. The van der Waals surface area contributed by atoms with Gasteiger partial charge in [-0.25, -0.2) is 4.39 Å². The molecule has 5 heteroatoms. The Morgan fingerprint density at radius 2 is 2.20 bits per heavy atom. The topological polar surface area (TPSA) is 20.3 Å². The van der Waals surface area contributed by atoms with Crippen LogP contribution in [0.2, 0.25) is 5.02 Å². The van der Waals surface area contributed by atoms with Crippen LogP contribution in [0.3, 0.4) is 0 Å². The first-order valence-electron chi connectivity index (χ1n) is 6.92. The van der Waals surface area contributed by atoms with Gasteiger partial charge in [0.1, 0.15) is 5.82 Å². The molecule has 0 N–H and O–H groups in total. The van der Waals surface area contributed by atoms with Gasteiger partial charge in [0.25, 0.3) is 0 Å². The summed E-state index contributed by atoms with van der Waals surface area (Å²) in [5.41, 5.74) is 0.303. The second-order valence-electron chi connectivity index (χ2n) is 5.12. The molecule has 1 fully saturated rings. The van der Waals surface area contributed by atoms with Crippen molar-refractivity contribution < 1.29 is 9.18 Å². The van der Waals surface area contributed by atoms with E-state index in [1.807, 2.05) is 4.90 Å². The van der Waals surface area contributed by atoms with E-state index in [1.165, 1.54) is 6.07 Å². The minimum absolute atomic E-state index is 0.0367. The molecule has 0 spiro atoms. The maximum Gasteiger partial charge on any atom is 0.227 e. The van der Waals surface area contributed by atoms with Gasteiger partial charge in [0, 0.05) is 28.5 Å². The lowest BCUT2D eigenvalue weighted by Gasteiger charge is -2.29. The fourth-order valence-corrected chi connectivity index (χ4v) is 3.52. The van der Waals surface area contributed by atoms with Crippen LogP contribution in [-0.2, 0) is 11.2 Å². The number of carbonyl (C=O) groups is 1. The average Bonchev–Trinajstić information content (AvgIpc) is 2.68. The maximum absolute atomic E-state index is 13.8. The molecule has 2 nitrogen and oxygen atoms in total. The molecule has 1 amide bonds. The van der Waals surface area contributed by atoms with Crippen LogP contribution < -0.4 is 0 Å². The Hall–Kier alpha value is -0.610. The molecule has 20 heavy (non-hydrogen) atoms. The summed E-state index contributed by atoms with van der Waals surface area (Å²) in [5.74, 6) is -0.445. The zero-order chi connectivity index (χ0) is 14.5. The number of nitrogens with zero attached hydrogens (tertiary/aromatic N) is 1. The van der Waals surface area contributed by atoms with Crippen LogP contribution >= 0.6 is 27.5 Å². The Morgan fingerprint density at radius 3 is 2.90 bits per heavy atom. The van der Waals surface area contributed by atoms with Crippen LogP contribution in [0, 0.1) is 5.82 Å². The van der Waals surface area contributed by atoms with E-state index in [2.05, 4.69) is 15.9 Å². The monoisotopic (exact) mass is 361 g/mol. The Morgan fingerprint density at radius 1 is 1.40 bits per heavy atom. The summed E-state index contributed by atoms with van der Waals surface area (Å²) in [5, 5.41) is 1.09. The number of benzene rings is 1. The molecule has 1 aromatic rings. The SMILES string of the molecule is O=C(Cc1c(F)cccc1Cl)N1CCCCCC1CBr. The summed E-state index contributed by atoms with van der Waals surface area (Å²) < 4.78 is 13.8. The molecule has 0 saturated carbocycles. The smallest absolute Gasteiger partial charge is 0.227 e. The lowest BCUT2D eigenvalue weighted by atomic mass is 10.1. The zero-order valence-corrected chi connectivity index (χ0v) is 13.6. The van der Waals surface area contributed by atoms with Crippen LogP contribution in [0.15, 0.2) is 18.2 Å². The van der Waals surface area contributed by atoms with Gasteiger partial charge in [-0.3, -0.25) is 4.79 Å². The van der Waals surface area contributed by atoms with E-state index >= 15 is 0 Å². The summed E-state index contributed by atoms with van der Waals surface area (Å²) in [6.45, 7) is 0.751. The number of amides is 1. The minimum atomic E-state index is -0.406. The highest BCUT2D eigenvalue weighted by Gasteiger charge is 2.25. The summed E-state index contributed by atoms with van der Waals surface area (Å²) in [6.07, 6.45) is 4.34. The Labute approximate surface area is 132 Å². The Balaban J connectivity index is 2.13. The van der Waals surface area contributed by atoms with E-state index in [0.29, 0.717) is 10.6 Å². The van der Waals surface area contributed by atoms with Gasteiger partial charge in [-0.1, -0.05) is 46.4 Å². The molecular formula is C15H18BrClFNO. The first-order valence-corrected chi connectivity index (χ1v) is 8.41. The molecule has 1 heterocycles. The summed E-state index contributed by atoms with van der Waals surface area (Å²) in [4.78, 5) is 14.4. The second-order valence-corrected chi connectivity index (χ2v) is 6.18. The molecule has 1 aliphatic rings. The number of rotatable bonds is 3. The third kappa shape index (κ3) is 3.73. The van der Waals surface area contributed by atoms with E-state index in [1.54, 1.807) is 12.1 Å². The van der Waals surface area contributed by atoms with Gasteiger partial charge in [-0.2, -0.15) is 0 Å². The van der Waals surface area contributed by atoms with Gasteiger partial charge in [0.05, 0.1) is 6.42 Å². The van der Waals surface area contributed by atoms with Crippen molar-refractivity contribution in [3.05, 3.63) is 34.6 Å². The molecule has 1 saturated heterocycles. The molecule has 2 rings (SSSR count). The van der Waals surface area contributed by atoms with Crippen LogP contribution in [0.1, 0.15) is 31.2 Å². The zero-order valence-electron chi connectivity index (χ0n) is 11.2. The quantitative estimate of drug-likeness (QED) is 0.738. The van der Waals surface area contributed by atoms with Crippen molar-refractivity contribution in [3.8, 4) is 0 Å². The molecule has 1 unspecified atom stereocenters.